The Kier molecular flexibility index (Phi) is 23.0. The van der Waals surface area contributed by atoms with Crippen molar-refractivity contribution in [3.63, 3.8) is 0 Å². The summed E-state index contributed by atoms with van der Waals surface area (Å²) in [6.07, 6.45) is 0. The van der Waals surface area contributed by atoms with Crippen LogP contribution >= 0.6 is 0 Å². The second-order valence-electron chi connectivity index (χ2n) is 29.9. The predicted octanol–water partition coefficient (Wildman–Crippen LogP) is 32.1. The maximum atomic E-state index is 2.36. The number of benzene rings is 19. The molecule has 19 rings (SSSR count). The molecule has 0 saturated heterocycles. The van der Waals surface area contributed by atoms with E-state index in [4.69, 9.17) is 0 Å². The molecule has 0 fully saturated rings. The zero-order valence-corrected chi connectivity index (χ0v) is 66.5. The lowest BCUT2D eigenvalue weighted by atomic mass is 10.0. The number of anilines is 12. The first-order valence-electron chi connectivity index (χ1n) is 39.9. The molecule has 19 aromatic rings. The topological polar surface area (TPSA) is 13.0 Å². The van der Waals surface area contributed by atoms with E-state index in [2.05, 4.69) is 510 Å². The van der Waals surface area contributed by atoms with Gasteiger partial charge in [-0.3, -0.25) is 0 Å². The van der Waals surface area contributed by atoms with Crippen LogP contribution in [0.15, 0.2) is 449 Å². The molecule has 4 heteroatoms. The fraction of sp³-hybridized carbons (Fsp3) is 0.0536. The summed E-state index contributed by atoms with van der Waals surface area (Å²) in [5.74, 6) is 0. The molecule has 0 aliphatic carbocycles. The van der Waals surface area contributed by atoms with Crippen molar-refractivity contribution in [3.05, 3.63) is 482 Å². The third-order valence-electron chi connectivity index (χ3n) is 21.3. The van der Waals surface area contributed by atoms with Gasteiger partial charge in [0.05, 0.1) is 0 Å². The quantitative estimate of drug-likeness (QED) is 0.101. The lowest BCUT2D eigenvalue weighted by Crippen LogP contribution is -2.10. The monoisotopic (exact) mass is 1490 g/mol. The van der Waals surface area contributed by atoms with Crippen molar-refractivity contribution in [1.29, 1.82) is 0 Å². The second-order valence-corrected chi connectivity index (χ2v) is 29.9. The Bertz CT molecular complexity index is 6300. The fourth-order valence-corrected chi connectivity index (χ4v) is 15.1. The number of hydrogen-bond donors (Lipinski definition) is 0. The highest BCUT2D eigenvalue weighted by Gasteiger charge is 2.19. The van der Waals surface area contributed by atoms with Crippen LogP contribution in [0.25, 0.3) is 76.5 Å². The summed E-state index contributed by atoms with van der Waals surface area (Å²) in [5, 5.41) is 10.1. The van der Waals surface area contributed by atoms with Gasteiger partial charge in [-0.1, -0.05) is 337 Å². The summed E-state index contributed by atoms with van der Waals surface area (Å²) in [6.45, 7) is 12.8. The Morgan fingerprint density at radius 3 is 0.603 bits per heavy atom. The van der Waals surface area contributed by atoms with Gasteiger partial charge in [-0.15, -0.1) is 0 Å². The number of para-hydroxylation sites is 1. The molecule has 0 radical (unpaired) electrons. The first-order chi connectivity index (χ1) is 56.9. The molecule has 0 bridgehead atoms. The highest BCUT2D eigenvalue weighted by atomic mass is 15.2. The molecule has 0 amide bonds. The molecule has 0 spiro atoms. The van der Waals surface area contributed by atoms with E-state index >= 15 is 0 Å². The minimum atomic E-state index is 1.14. The van der Waals surface area contributed by atoms with Crippen molar-refractivity contribution < 1.29 is 0 Å². The summed E-state index contributed by atoms with van der Waals surface area (Å²) in [5.41, 5.74) is 28.8. The summed E-state index contributed by atoms with van der Waals surface area (Å²) >= 11 is 0. The van der Waals surface area contributed by atoms with Crippen molar-refractivity contribution >= 4 is 111 Å². The van der Waals surface area contributed by atoms with E-state index in [1.54, 1.807) is 0 Å². The van der Waals surface area contributed by atoms with Gasteiger partial charge < -0.3 is 19.6 Å². The molecule has 0 aliphatic heterocycles. The standard InChI is InChI=1S/C31H23N.C31H25N.C25H23N.C25H21N/c1-22-10-11-28-21-31(17-14-27(28)18-22)32(29-15-12-23-6-2-4-8-25(23)19-29)30-16-13-24-7-3-5-9-26(24)20-30;1-24-18-20-29(21-19-24)32(30-16-8-14-27(22-30)25-10-4-2-5-11-25)31-17-9-15-28(23-31)26-12-6-3-7-13-26;1-18-5-11-23(12-6-18)26(24-13-7-19(2)8-14-24)25-15-10-21-16-20(3)4-9-22(21)17-25;1-20-15-17-24(18-16-20)26(23-12-6-3-7-13-23)25-14-8-11-22(19-25)21-9-4-2-5-10-21/h2-21H,1H3;2-23H,1H3;4-17H,1-3H3;2-19H,1H3. The van der Waals surface area contributed by atoms with Crippen LogP contribution in [0.4, 0.5) is 68.2 Å². The van der Waals surface area contributed by atoms with Crippen molar-refractivity contribution in [2.24, 2.45) is 0 Å². The van der Waals surface area contributed by atoms with Crippen LogP contribution in [0.2, 0.25) is 0 Å². The summed E-state index contributed by atoms with van der Waals surface area (Å²) in [4.78, 5) is 9.31. The van der Waals surface area contributed by atoms with Gasteiger partial charge in [-0.2, -0.15) is 0 Å². The summed E-state index contributed by atoms with van der Waals surface area (Å²) in [7, 11) is 0. The Balaban J connectivity index is 0.000000117. The lowest BCUT2D eigenvalue weighted by molar-refractivity contribution is 1.27. The normalized spacial score (nSPS) is 10.8. The molecule has 0 N–H and O–H groups in total. The van der Waals surface area contributed by atoms with Crippen LogP contribution in [0.3, 0.4) is 0 Å². The van der Waals surface area contributed by atoms with E-state index in [1.165, 1.54) is 127 Å². The molecule has 0 unspecified atom stereocenters. The molecule has 19 aromatic carbocycles. The van der Waals surface area contributed by atoms with Crippen molar-refractivity contribution in [2.45, 2.75) is 41.5 Å². The number of rotatable bonds is 15. The van der Waals surface area contributed by atoms with Crippen LogP contribution in [0.5, 0.6) is 0 Å². The third kappa shape index (κ3) is 18.0. The van der Waals surface area contributed by atoms with Crippen molar-refractivity contribution in [2.75, 3.05) is 19.6 Å². The van der Waals surface area contributed by atoms with Crippen LogP contribution in [-0.2, 0) is 0 Å². The minimum Gasteiger partial charge on any atom is -0.310 e. The lowest BCUT2D eigenvalue weighted by Gasteiger charge is -2.26. The average molecular weight is 1490 g/mol. The highest BCUT2D eigenvalue weighted by molar-refractivity contribution is 5.96. The molecule has 560 valence electrons. The molecule has 0 heterocycles. The minimum absolute atomic E-state index is 1.14. The predicted molar refractivity (Wildman–Crippen MR) is 499 cm³/mol. The molecule has 0 atom stereocenters. The van der Waals surface area contributed by atoms with Gasteiger partial charge in [0.2, 0.25) is 0 Å². The van der Waals surface area contributed by atoms with E-state index in [0.717, 1.165) is 51.2 Å². The third-order valence-corrected chi connectivity index (χ3v) is 21.3. The molecule has 0 aliphatic rings. The van der Waals surface area contributed by atoms with Gasteiger partial charge in [0, 0.05) is 68.2 Å². The number of aryl methyl sites for hydroxylation is 6. The Labute approximate surface area is 683 Å². The molecular formula is C112H92N4. The van der Waals surface area contributed by atoms with Gasteiger partial charge in [-0.25, -0.2) is 0 Å². The maximum absolute atomic E-state index is 2.36. The highest BCUT2D eigenvalue weighted by Crippen LogP contribution is 2.43. The molecular weight excluding hydrogens is 1400 g/mol. The van der Waals surface area contributed by atoms with Gasteiger partial charge in [0.15, 0.2) is 0 Å². The van der Waals surface area contributed by atoms with E-state index in [-0.39, 0.29) is 0 Å². The van der Waals surface area contributed by atoms with E-state index in [9.17, 15) is 0 Å². The van der Waals surface area contributed by atoms with E-state index in [1.807, 2.05) is 0 Å². The number of nitrogens with zero attached hydrogens (tertiary/aromatic N) is 4. The first-order valence-corrected chi connectivity index (χ1v) is 39.9. The van der Waals surface area contributed by atoms with Gasteiger partial charge in [-0.05, 0) is 264 Å². The maximum Gasteiger partial charge on any atom is 0.0468 e. The molecule has 4 nitrogen and oxygen atoms in total. The second kappa shape index (κ2) is 35.4. The molecule has 0 saturated carbocycles. The number of hydrogen-bond acceptors (Lipinski definition) is 4. The Morgan fingerprint density at radius 2 is 0.293 bits per heavy atom. The van der Waals surface area contributed by atoms with Crippen LogP contribution in [0, 0.1) is 41.5 Å². The van der Waals surface area contributed by atoms with Gasteiger partial charge in [0.1, 0.15) is 0 Å². The van der Waals surface area contributed by atoms with Crippen molar-refractivity contribution in [3.8, 4) is 33.4 Å². The molecule has 0 aromatic heterocycles. The van der Waals surface area contributed by atoms with Gasteiger partial charge >= 0.3 is 0 Å². The van der Waals surface area contributed by atoms with Gasteiger partial charge in [0.25, 0.3) is 0 Å². The van der Waals surface area contributed by atoms with E-state index < -0.39 is 0 Å². The first kappa shape index (κ1) is 75.5. The molecule has 116 heavy (non-hydrogen) atoms. The Hall–Kier alpha value is -14.6. The largest absolute Gasteiger partial charge is 0.310 e. The Morgan fingerprint density at radius 1 is 0.112 bits per heavy atom. The number of fused-ring (bicyclic) bond motifs is 4. The van der Waals surface area contributed by atoms with Crippen LogP contribution in [-0.4, -0.2) is 0 Å². The van der Waals surface area contributed by atoms with E-state index in [0.29, 0.717) is 0 Å². The fourth-order valence-electron chi connectivity index (χ4n) is 15.1. The smallest absolute Gasteiger partial charge is 0.0468 e. The zero-order valence-electron chi connectivity index (χ0n) is 66.5. The van der Waals surface area contributed by atoms with Crippen LogP contribution < -0.4 is 19.6 Å². The average Bonchev–Trinajstić information content (AvgIpc) is 0.783. The van der Waals surface area contributed by atoms with Crippen LogP contribution in [0.1, 0.15) is 33.4 Å². The zero-order chi connectivity index (χ0) is 79.1. The summed E-state index contributed by atoms with van der Waals surface area (Å²) in [6, 6.07) is 160. The van der Waals surface area contributed by atoms with Crippen molar-refractivity contribution in [1.82, 2.24) is 0 Å². The SMILES string of the molecule is Cc1ccc(N(c2ccc(C)cc2)c2ccc3cc(C)ccc3c2)cc1.Cc1ccc(N(c2cccc(-c3ccccc3)c2)c2cccc(-c3ccccc3)c2)cc1.Cc1ccc(N(c2ccccc2)c2cccc(-c3ccccc3)c2)cc1.Cc1ccc2cc(N(c3ccc4ccccc4c3)c3ccc4ccccc4c3)ccc2c1. The summed E-state index contributed by atoms with van der Waals surface area (Å²) < 4.78 is 0.